The number of para-hydroxylation sites is 1. The molecule has 1 aliphatic rings. The second kappa shape index (κ2) is 9.11. The van der Waals surface area contributed by atoms with E-state index in [1.807, 2.05) is 43.3 Å². The van der Waals surface area contributed by atoms with E-state index in [1.54, 1.807) is 24.4 Å². The van der Waals surface area contributed by atoms with Crippen molar-refractivity contribution < 1.29 is 22.8 Å². The van der Waals surface area contributed by atoms with Crippen LogP contribution in [0.1, 0.15) is 29.0 Å². The number of aryl methyl sites for hydroxylation is 1. The molecule has 1 saturated heterocycles. The van der Waals surface area contributed by atoms with Gasteiger partial charge in [0, 0.05) is 29.6 Å². The number of hydrogen-bond acceptors (Lipinski definition) is 3. The van der Waals surface area contributed by atoms with Crippen LogP contribution in [0, 0.1) is 6.92 Å². The van der Waals surface area contributed by atoms with Crippen molar-refractivity contribution in [1.82, 2.24) is 4.98 Å². The Morgan fingerprint density at radius 3 is 2.36 bits per heavy atom. The van der Waals surface area contributed by atoms with E-state index in [0.717, 1.165) is 28.6 Å². The Morgan fingerprint density at radius 1 is 0.972 bits per heavy atom. The van der Waals surface area contributed by atoms with Crippen LogP contribution in [0.2, 0.25) is 0 Å². The number of rotatable bonds is 4. The molecule has 5 nitrogen and oxygen atoms in total. The highest BCUT2D eigenvalue weighted by Gasteiger charge is 2.46. The second-order valence-corrected chi connectivity index (χ2v) is 8.84. The average Bonchev–Trinajstić information content (AvgIpc) is 3.21. The molecule has 1 N–H and O–H groups in total. The van der Waals surface area contributed by atoms with Crippen LogP contribution in [0.3, 0.4) is 0 Å². The largest absolute Gasteiger partial charge is 0.416 e. The number of carbonyl (C=O) groups excluding carboxylic acids is 2. The minimum atomic E-state index is -4.50. The van der Waals surface area contributed by atoms with Crippen LogP contribution in [0.4, 0.5) is 24.5 Å². The van der Waals surface area contributed by atoms with E-state index in [9.17, 15) is 22.8 Å². The maximum absolute atomic E-state index is 13.8. The van der Waals surface area contributed by atoms with E-state index in [0.29, 0.717) is 11.2 Å². The van der Waals surface area contributed by atoms with Crippen LogP contribution in [0.15, 0.2) is 85.1 Å². The second-order valence-electron chi connectivity index (χ2n) is 8.84. The van der Waals surface area contributed by atoms with Crippen LogP contribution in [-0.4, -0.2) is 22.8 Å². The smallest absolute Gasteiger partial charge is 0.322 e. The quantitative estimate of drug-likeness (QED) is 0.377. The van der Waals surface area contributed by atoms with Gasteiger partial charge in [0.15, 0.2) is 0 Å². The van der Waals surface area contributed by atoms with E-state index in [4.69, 9.17) is 0 Å². The van der Waals surface area contributed by atoms with Crippen LogP contribution in [0.25, 0.3) is 10.9 Å². The zero-order chi connectivity index (χ0) is 25.4. The van der Waals surface area contributed by atoms with Gasteiger partial charge in [-0.05, 0) is 48.9 Å². The van der Waals surface area contributed by atoms with Crippen molar-refractivity contribution >= 4 is 34.1 Å². The molecule has 1 aliphatic heterocycles. The summed E-state index contributed by atoms with van der Waals surface area (Å²) in [5.74, 6) is -1.26. The molecule has 2 atom stereocenters. The first-order valence-electron chi connectivity index (χ1n) is 11.4. The number of nitrogens with one attached hydrogen (secondary N) is 1. The number of pyridine rings is 1. The number of alkyl halides is 3. The van der Waals surface area contributed by atoms with Crippen molar-refractivity contribution in [3.05, 3.63) is 102 Å². The Balaban J connectivity index is 1.55. The van der Waals surface area contributed by atoms with Crippen molar-refractivity contribution in [3.63, 3.8) is 0 Å². The van der Waals surface area contributed by atoms with Crippen LogP contribution in [-0.2, 0) is 15.8 Å². The summed E-state index contributed by atoms with van der Waals surface area (Å²) in [6, 6.07) is 20.0. The molecule has 2 amide bonds. The molecule has 182 valence electrons. The van der Waals surface area contributed by atoms with Gasteiger partial charge in [0.2, 0.25) is 11.8 Å². The Kier molecular flexibility index (Phi) is 5.96. The number of fused-ring (bicyclic) bond motifs is 1. The molecule has 0 radical (unpaired) electrons. The highest BCUT2D eigenvalue weighted by Crippen LogP contribution is 2.39. The van der Waals surface area contributed by atoms with Gasteiger partial charge in [-0.1, -0.05) is 48.0 Å². The molecule has 0 spiro atoms. The lowest BCUT2D eigenvalue weighted by Gasteiger charge is -2.28. The summed E-state index contributed by atoms with van der Waals surface area (Å²) in [6.45, 7) is 1.94. The lowest BCUT2D eigenvalue weighted by Crippen LogP contribution is -2.44. The summed E-state index contributed by atoms with van der Waals surface area (Å²) in [4.78, 5) is 32.6. The molecule has 0 aliphatic carbocycles. The molecular formula is C28H22F3N3O2. The summed E-state index contributed by atoms with van der Waals surface area (Å²) < 4.78 is 39.3. The fraction of sp³-hybridized carbons (Fsp3) is 0.179. The maximum Gasteiger partial charge on any atom is 0.416 e. The van der Waals surface area contributed by atoms with Gasteiger partial charge < -0.3 is 5.32 Å². The third-order valence-corrected chi connectivity index (χ3v) is 6.46. The van der Waals surface area contributed by atoms with E-state index in [-0.39, 0.29) is 18.0 Å². The van der Waals surface area contributed by atoms with Crippen LogP contribution in [0.5, 0.6) is 0 Å². The molecule has 3 aromatic carbocycles. The van der Waals surface area contributed by atoms with Gasteiger partial charge in [-0.15, -0.1) is 0 Å². The number of carbonyl (C=O) groups is 2. The molecule has 8 heteroatoms. The summed E-state index contributed by atoms with van der Waals surface area (Å²) in [7, 11) is 0. The Morgan fingerprint density at radius 2 is 1.67 bits per heavy atom. The predicted octanol–water partition coefficient (Wildman–Crippen LogP) is 6.09. The number of halogens is 3. The van der Waals surface area contributed by atoms with Gasteiger partial charge in [0.25, 0.3) is 0 Å². The molecule has 1 aromatic heterocycles. The normalized spacial score (nSPS) is 18.0. The third kappa shape index (κ3) is 4.42. The van der Waals surface area contributed by atoms with Gasteiger partial charge in [-0.25, -0.2) is 0 Å². The Labute approximate surface area is 205 Å². The number of hydrogen-bond donors (Lipinski definition) is 1. The number of nitrogens with zero attached hydrogens (tertiary/aromatic N) is 2. The minimum Gasteiger partial charge on any atom is -0.322 e. The number of benzene rings is 3. The number of aromatic nitrogens is 1. The average molecular weight is 489 g/mol. The molecule has 36 heavy (non-hydrogen) atoms. The minimum absolute atomic E-state index is 0.0515. The molecule has 5 rings (SSSR count). The van der Waals surface area contributed by atoms with Gasteiger partial charge in [0.1, 0.15) is 6.04 Å². The van der Waals surface area contributed by atoms with Gasteiger partial charge in [0.05, 0.1) is 16.8 Å². The standard InChI is InChI=1S/C28H22F3N3O2/c1-17-7-9-18(10-8-17)22-16-24(35)34(21-13-11-20(12-14-21)28(29,30)31)26(22)27(36)33-23-6-2-4-19-5-3-15-32-25(19)23/h2-15,22,26H,16H2,1H3,(H,33,36)/t22-,26-/m0/s1. The number of amides is 2. The molecule has 2 heterocycles. The van der Waals surface area contributed by atoms with Crippen LogP contribution >= 0.6 is 0 Å². The molecular weight excluding hydrogens is 467 g/mol. The lowest BCUT2D eigenvalue weighted by atomic mass is 9.90. The molecule has 4 aromatic rings. The third-order valence-electron chi connectivity index (χ3n) is 6.46. The fourth-order valence-electron chi connectivity index (χ4n) is 4.67. The number of anilines is 2. The monoisotopic (exact) mass is 489 g/mol. The summed E-state index contributed by atoms with van der Waals surface area (Å²) >= 11 is 0. The fourth-order valence-corrected chi connectivity index (χ4v) is 4.67. The summed E-state index contributed by atoms with van der Waals surface area (Å²) in [5, 5.41) is 3.76. The Bertz CT molecular complexity index is 1430. The highest BCUT2D eigenvalue weighted by molar-refractivity contribution is 6.10. The zero-order valence-electron chi connectivity index (χ0n) is 19.3. The van der Waals surface area contributed by atoms with Crippen molar-refractivity contribution in [3.8, 4) is 0 Å². The first kappa shape index (κ1) is 23.5. The van der Waals surface area contributed by atoms with Gasteiger partial charge in [-0.3, -0.25) is 19.5 Å². The summed E-state index contributed by atoms with van der Waals surface area (Å²) in [5.41, 5.74) is 2.35. The lowest BCUT2D eigenvalue weighted by molar-refractivity contribution is -0.137. The highest BCUT2D eigenvalue weighted by atomic mass is 19.4. The zero-order valence-corrected chi connectivity index (χ0v) is 19.3. The molecule has 0 bridgehead atoms. The van der Waals surface area contributed by atoms with Gasteiger partial charge in [-0.2, -0.15) is 13.2 Å². The van der Waals surface area contributed by atoms with E-state index < -0.39 is 29.6 Å². The SMILES string of the molecule is Cc1ccc([C@@H]2CC(=O)N(c3ccc(C(F)(F)F)cc3)[C@@H]2C(=O)Nc2cccc3cccnc23)cc1. The first-order chi connectivity index (χ1) is 17.2. The molecule has 0 unspecified atom stereocenters. The van der Waals surface area contributed by atoms with Crippen LogP contribution < -0.4 is 10.2 Å². The molecule has 0 saturated carbocycles. The maximum atomic E-state index is 13.8. The Hall–Kier alpha value is -4.20. The van der Waals surface area contributed by atoms with E-state index >= 15 is 0 Å². The molecule has 1 fully saturated rings. The van der Waals surface area contributed by atoms with Crippen molar-refractivity contribution in [2.45, 2.75) is 31.5 Å². The topological polar surface area (TPSA) is 62.3 Å². The van der Waals surface area contributed by atoms with Crippen molar-refractivity contribution in [1.29, 1.82) is 0 Å². The first-order valence-corrected chi connectivity index (χ1v) is 11.4. The predicted molar refractivity (Wildman–Crippen MR) is 132 cm³/mol. The van der Waals surface area contributed by atoms with Gasteiger partial charge >= 0.3 is 6.18 Å². The van der Waals surface area contributed by atoms with Crippen molar-refractivity contribution in [2.75, 3.05) is 10.2 Å². The van der Waals surface area contributed by atoms with Crippen molar-refractivity contribution in [2.24, 2.45) is 0 Å². The van der Waals surface area contributed by atoms with E-state index in [1.165, 1.54) is 17.0 Å². The van der Waals surface area contributed by atoms with E-state index in [2.05, 4.69) is 10.3 Å². The summed E-state index contributed by atoms with van der Waals surface area (Å²) in [6.07, 6.45) is -2.83.